The van der Waals surface area contributed by atoms with Gasteiger partial charge in [-0.15, -0.1) is 0 Å². The van der Waals surface area contributed by atoms with Gasteiger partial charge in [-0.2, -0.15) is 0 Å². The molecule has 0 aliphatic heterocycles. The normalized spacial score (nSPS) is 19.1. The monoisotopic (exact) mass is 237 g/mol. The highest BCUT2D eigenvalue weighted by atomic mass is 16.1. The molecular formula is C15H27NO. The lowest BCUT2D eigenvalue weighted by Crippen LogP contribution is -2.33. The molecule has 2 nitrogen and oxygen atoms in total. The van der Waals surface area contributed by atoms with Gasteiger partial charge in [0, 0.05) is 18.0 Å². The predicted molar refractivity (Wildman–Crippen MR) is 73.1 cm³/mol. The molecule has 0 radical (unpaired) electrons. The summed E-state index contributed by atoms with van der Waals surface area (Å²) >= 11 is 0. The van der Waals surface area contributed by atoms with Crippen LogP contribution in [0.5, 0.6) is 0 Å². The average Bonchev–Trinajstić information content (AvgIpc) is 2.28. The van der Waals surface area contributed by atoms with Crippen LogP contribution >= 0.6 is 0 Å². The smallest absolute Gasteiger partial charge is 0.160 e. The molecule has 1 fully saturated rings. The molecule has 0 bridgehead atoms. The number of carbonyl (C=O) groups is 1. The van der Waals surface area contributed by atoms with Gasteiger partial charge in [0.1, 0.15) is 0 Å². The Hall–Kier alpha value is -0.630. The zero-order valence-electron chi connectivity index (χ0n) is 11.8. The fraction of sp³-hybridized carbons (Fsp3) is 0.800. The minimum atomic E-state index is -0.250. The zero-order chi connectivity index (χ0) is 12.9. The highest BCUT2D eigenvalue weighted by Crippen LogP contribution is 2.21. The van der Waals surface area contributed by atoms with Crippen molar-refractivity contribution < 1.29 is 4.79 Å². The molecule has 0 saturated heterocycles. The highest BCUT2D eigenvalue weighted by Gasteiger charge is 2.19. The average molecular weight is 237 g/mol. The number of hydrogen-bond acceptors (Lipinski definition) is 2. The van der Waals surface area contributed by atoms with E-state index in [-0.39, 0.29) is 11.2 Å². The maximum atomic E-state index is 11.7. The molecule has 17 heavy (non-hydrogen) atoms. The Labute approximate surface area is 106 Å². The van der Waals surface area contributed by atoms with Gasteiger partial charge in [0.05, 0.1) is 0 Å². The zero-order valence-corrected chi connectivity index (χ0v) is 11.8. The van der Waals surface area contributed by atoms with Crippen LogP contribution in [0.4, 0.5) is 0 Å². The number of likely N-dealkylation sites (N-methyl/N-ethyl adjacent to an activating group) is 1. The maximum Gasteiger partial charge on any atom is 0.160 e. The third-order valence-corrected chi connectivity index (χ3v) is 3.60. The van der Waals surface area contributed by atoms with E-state index in [1.54, 1.807) is 6.08 Å². The number of ketones is 1. The Morgan fingerprint density at radius 3 is 2.35 bits per heavy atom. The molecule has 0 amide bonds. The van der Waals surface area contributed by atoms with Crippen LogP contribution in [0.1, 0.15) is 52.9 Å². The van der Waals surface area contributed by atoms with Gasteiger partial charge in [0.15, 0.2) is 5.78 Å². The lowest BCUT2D eigenvalue weighted by atomic mass is 9.90. The summed E-state index contributed by atoms with van der Waals surface area (Å²) in [5, 5.41) is 0. The quantitative estimate of drug-likeness (QED) is 0.698. The molecule has 0 heterocycles. The van der Waals surface area contributed by atoms with E-state index in [2.05, 4.69) is 11.9 Å². The minimum absolute atomic E-state index is 0.217. The topological polar surface area (TPSA) is 20.3 Å². The van der Waals surface area contributed by atoms with Gasteiger partial charge in [-0.3, -0.25) is 9.69 Å². The SMILES string of the molecule is CN(C/C=C/C(=O)C(C)(C)C)C1CCCCC1. The maximum absolute atomic E-state index is 11.7. The molecule has 0 N–H and O–H groups in total. The van der Waals surface area contributed by atoms with Crippen LogP contribution in [0, 0.1) is 5.41 Å². The van der Waals surface area contributed by atoms with Crippen LogP contribution < -0.4 is 0 Å². The van der Waals surface area contributed by atoms with E-state index in [1.165, 1.54) is 32.1 Å². The second-order valence-corrected chi connectivity index (χ2v) is 6.25. The Bertz CT molecular complexity index is 269. The molecule has 0 spiro atoms. The molecule has 1 aliphatic carbocycles. The first-order valence-electron chi connectivity index (χ1n) is 6.82. The van der Waals surface area contributed by atoms with Crippen molar-refractivity contribution in [2.24, 2.45) is 5.41 Å². The van der Waals surface area contributed by atoms with E-state index in [4.69, 9.17) is 0 Å². The second kappa shape index (κ2) is 6.34. The fourth-order valence-electron chi connectivity index (χ4n) is 2.25. The number of allylic oxidation sites excluding steroid dienone is 1. The lowest BCUT2D eigenvalue weighted by Gasteiger charge is -2.30. The van der Waals surface area contributed by atoms with Crippen LogP contribution in [0.25, 0.3) is 0 Å². The van der Waals surface area contributed by atoms with Gasteiger partial charge in [-0.05, 0) is 26.0 Å². The molecule has 0 aromatic rings. The largest absolute Gasteiger partial charge is 0.300 e. The first-order valence-corrected chi connectivity index (χ1v) is 6.82. The number of carbonyl (C=O) groups excluding carboxylic acids is 1. The molecular weight excluding hydrogens is 210 g/mol. The first kappa shape index (κ1) is 14.4. The summed E-state index contributed by atoms with van der Waals surface area (Å²) in [5.74, 6) is 0.217. The van der Waals surface area contributed by atoms with E-state index in [1.807, 2.05) is 26.8 Å². The van der Waals surface area contributed by atoms with Crippen LogP contribution in [0.15, 0.2) is 12.2 Å². The van der Waals surface area contributed by atoms with Crippen molar-refractivity contribution >= 4 is 5.78 Å². The van der Waals surface area contributed by atoms with Crippen molar-refractivity contribution in [3.8, 4) is 0 Å². The lowest BCUT2D eigenvalue weighted by molar-refractivity contribution is -0.121. The van der Waals surface area contributed by atoms with Crippen molar-refractivity contribution in [2.75, 3.05) is 13.6 Å². The predicted octanol–water partition coefficient (Wildman–Crippen LogP) is 3.42. The summed E-state index contributed by atoms with van der Waals surface area (Å²) in [6, 6.07) is 0.720. The van der Waals surface area contributed by atoms with Crippen molar-refractivity contribution in [1.82, 2.24) is 4.90 Å². The van der Waals surface area contributed by atoms with Crippen molar-refractivity contribution in [3.63, 3.8) is 0 Å². The Kier molecular flexibility index (Phi) is 5.38. The van der Waals surface area contributed by atoms with Crippen molar-refractivity contribution in [1.29, 1.82) is 0 Å². The second-order valence-electron chi connectivity index (χ2n) is 6.25. The summed E-state index contributed by atoms with van der Waals surface area (Å²) < 4.78 is 0. The van der Waals surface area contributed by atoms with Gasteiger partial charge >= 0.3 is 0 Å². The van der Waals surface area contributed by atoms with E-state index < -0.39 is 0 Å². The molecule has 1 rings (SSSR count). The Morgan fingerprint density at radius 1 is 1.24 bits per heavy atom. The molecule has 98 valence electrons. The van der Waals surface area contributed by atoms with Gasteiger partial charge < -0.3 is 0 Å². The summed E-state index contributed by atoms with van der Waals surface area (Å²) in [6.45, 7) is 6.78. The van der Waals surface area contributed by atoms with Gasteiger partial charge in [-0.25, -0.2) is 0 Å². The fourth-order valence-corrected chi connectivity index (χ4v) is 2.25. The van der Waals surface area contributed by atoms with Crippen LogP contribution in [0.3, 0.4) is 0 Å². The third-order valence-electron chi connectivity index (χ3n) is 3.60. The molecule has 1 aliphatic rings. The van der Waals surface area contributed by atoms with Gasteiger partial charge in [0.25, 0.3) is 0 Å². The van der Waals surface area contributed by atoms with Crippen molar-refractivity contribution in [3.05, 3.63) is 12.2 Å². The summed E-state index contributed by atoms with van der Waals surface area (Å²) in [6.07, 6.45) is 10.5. The number of hydrogen-bond donors (Lipinski definition) is 0. The first-order chi connectivity index (χ1) is 7.91. The molecule has 0 atom stereocenters. The molecule has 0 aromatic heterocycles. The van der Waals surface area contributed by atoms with E-state index >= 15 is 0 Å². The van der Waals surface area contributed by atoms with E-state index in [0.29, 0.717) is 0 Å². The Balaban J connectivity index is 2.34. The number of rotatable bonds is 4. The van der Waals surface area contributed by atoms with E-state index in [9.17, 15) is 4.79 Å². The third kappa shape index (κ3) is 5.03. The van der Waals surface area contributed by atoms with Gasteiger partial charge in [-0.1, -0.05) is 46.1 Å². The van der Waals surface area contributed by atoms with E-state index in [0.717, 1.165) is 12.6 Å². The van der Waals surface area contributed by atoms with Crippen molar-refractivity contribution in [2.45, 2.75) is 58.9 Å². The molecule has 0 aromatic carbocycles. The minimum Gasteiger partial charge on any atom is -0.300 e. The summed E-state index contributed by atoms with van der Waals surface area (Å²) in [5.41, 5.74) is -0.250. The molecule has 2 heteroatoms. The highest BCUT2D eigenvalue weighted by molar-refractivity contribution is 5.93. The number of nitrogens with zero attached hydrogens (tertiary/aromatic N) is 1. The Morgan fingerprint density at radius 2 is 1.82 bits per heavy atom. The van der Waals surface area contributed by atoms with Crippen LogP contribution in [-0.4, -0.2) is 30.3 Å². The summed E-state index contributed by atoms with van der Waals surface area (Å²) in [7, 11) is 2.17. The molecule has 1 saturated carbocycles. The summed E-state index contributed by atoms with van der Waals surface area (Å²) in [4.78, 5) is 14.1. The standard InChI is InChI=1S/C15H27NO/c1-15(2,3)14(17)11-8-12-16(4)13-9-6-5-7-10-13/h8,11,13H,5-7,9-10,12H2,1-4H3/b11-8+. The van der Waals surface area contributed by atoms with Gasteiger partial charge in [0.2, 0.25) is 0 Å². The van der Waals surface area contributed by atoms with Crippen LogP contribution in [-0.2, 0) is 4.79 Å². The molecule has 0 unspecified atom stereocenters. The van der Waals surface area contributed by atoms with Crippen LogP contribution in [0.2, 0.25) is 0 Å².